The molecule has 0 saturated heterocycles. The summed E-state index contributed by atoms with van der Waals surface area (Å²) in [4.78, 5) is 8.95. The molecule has 0 bridgehead atoms. The summed E-state index contributed by atoms with van der Waals surface area (Å²) in [6.45, 7) is 4.39. The van der Waals surface area contributed by atoms with Crippen molar-refractivity contribution in [3.05, 3.63) is 42.2 Å². The molecule has 5 heteroatoms. The molecule has 0 N–H and O–H groups in total. The van der Waals surface area contributed by atoms with Gasteiger partial charge in [-0.15, -0.1) is 0 Å². The van der Waals surface area contributed by atoms with Crippen LogP contribution >= 0.6 is 0 Å². The molecule has 1 heterocycles. The summed E-state index contributed by atoms with van der Waals surface area (Å²) in [5, 5.41) is 0. The number of nitrogens with zero attached hydrogens (tertiary/aromatic N) is 2. The monoisotopic (exact) mass is 474 g/mol. The van der Waals surface area contributed by atoms with Crippen molar-refractivity contribution in [1.82, 2.24) is 9.97 Å². The predicted molar refractivity (Wildman–Crippen MR) is 137 cm³/mol. The highest BCUT2D eigenvalue weighted by Crippen LogP contribution is 2.28. The highest BCUT2D eigenvalue weighted by Gasteiger charge is 2.30. The van der Waals surface area contributed by atoms with E-state index in [1.165, 1.54) is 51.4 Å². The largest absolute Gasteiger partial charge is 0.433 e. The Morgan fingerprint density at radius 2 is 1.18 bits per heavy atom. The number of alkyl halides is 2. The normalized spacial score (nSPS) is 11.6. The molecule has 3 nitrogen and oxygen atoms in total. The Hall–Kier alpha value is -2.04. The molecule has 1 aromatic heterocycles. The van der Waals surface area contributed by atoms with Crippen LogP contribution < -0.4 is 4.74 Å². The molecule has 190 valence electrons. The summed E-state index contributed by atoms with van der Waals surface area (Å²) in [7, 11) is 0. The standard InChI is InChI=1S/C29H44F2N2O/c1-3-5-7-9-11-12-13-15-17-25-23-32-28(33-24-25)26-18-20-27(21-19-26)34-29(30,31)22-16-14-10-8-6-4-2/h18-21,23-24H,3-17,22H2,1-2H3. The van der Waals surface area contributed by atoms with Crippen LogP contribution in [0, 0.1) is 0 Å². The van der Waals surface area contributed by atoms with Crippen LogP contribution in [-0.2, 0) is 6.42 Å². The van der Waals surface area contributed by atoms with E-state index in [4.69, 9.17) is 4.74 Å². The predicted octanol–water partition coefficient (Wildman–Crippen LogP) is 9.55. The number of hydrogen-bond donors (Lipinski definition) is 0. The first-order valence-corrected chi connectivity index (χ1v) is 13.5. The number of aromatic nitrogens is 2. The van der Waals surface area contributed by atoms with Crippen molar-refractivity contribution in [2.24, 2.45) is 0 Å². The van der Waals surface area contributed by atoms with Gasteiger partial charge in [0.15, 0.2) is 5.82 Å². The number of aryl methyl sites for hydroxylation is 1. The molecule has 0 aliphatic rings. The molecular formula is C29H44F2N2O. The lowest BCUT2D eigenvalue weighted by molar-refractivity contribution is -0.181. The zero-order valence-corrected chi connectivity index (χ0v) is 21.3. The van der Waals surface area contributed by atoms with Crippen LogP contribution in [0.15, 0.2) is 36.7 Å². The Morgan fingerprint density at radius 1 is 0.676 bits per heavy atom. The minimum Gasteiger partial charge on any atom is -0.433 e. The van der Waals surface area contributed by atoms with Crippen molar-refractivity contribution in [3.63, 3.8) is 0 Å². The van der Waals surface area contributed by atoms with Crippen molar-refractivity contribution in [2.45, 2.75) is 123 Å². The Morgan fingerprint density at radius 3 is 1.74 bits per heavy atom. The molecule has 0 amide bonds. The van der Waals surface area contributed by atoms with Crippen LogP contribution in [0.4, 0.5) is 8.78 Å². The number of unbranched alkanes of at least 4 members (excludes halogenated alkanes) is 12. The van der Waals surface area contributed by atoms with Crippen LogP contribution in [0.3, 0.4) is 0 Å². The van der Waals surface area contributed by atoms with Crippen molar-refractivity contribution >= 4 is 0 Å². The third kappa shape index (κ3) is 11.9. The van der Waals surface area contributed by atoms with E-state index in [0.29, 0.717) is 12.2 Å². The quantitative estimate of drug-likeness (QED) is 0.190. The molecule has 0 aliphatic carbocycles. The van der Waals surface area contributed by atoms with Gasteiger partial charge in [-0.1, -0.05) is 90.9 Å². The van der Waals surface area contributed by atoms with Crippen LogP contribution in [-0.4, -0.2) is 16.1 Å². The van der Waals surface area contributed by atoms with E-state index in [-0.39, 0.29) is 12.2 Å². The van der Waals surface area contributed by atoms with Gasteiger partial charge >= 0.3 is 6.11 Å². The number of benzene rings is 1. The maximum Gasteiger partial charge on any atom is 0.397 e. The lowest BCUT2D eigenvalue weighted by atomic mass is 10.1. The van der Waals surface area contributed by atoms with Crippen LogP contribution in [0.25, 0.3) is 11.4 Å². The van der Waals surface area contributed by atoms with Gasteiger partial charge in [-0.25, -0.2) is 9.97 Å². The van der Waals surface area contributed by atoms with Crippen LogP contribution in [0.2, 0.25) is 0 Å². The molecule has 0 saturated carbocycles. The number of halogens is 2. The van der Waals surface area contributed by atoms with Crippen molar-refractivity contribution in [3.8, 4) is 17.1 Å². The molecule has 0 unspecified atom stereocenters. The Balaban J connectivity index is 1.71. The van der Waals surface area contributed by atoms with E-state index in [1.807, 2.05) is 12.4 Å². The maximum absolute atomic E-state index is 14.1. The molecule has 34 heavy (non-hydrogen) atoms. The summed E-state index contributed by atoms with van der Waals surface area (Å²) in [5.74, 6) is 0.774. The van der Waals surface area contributed by atoms with E-state index in [0.717, 1.165) is 49.7 Å². The molecular weight excluding hydrogens is 430 g/mol. The fraction of sp³-hybridized carbons (Fsp3) is 0.655. The highest BCUT2D eigenvalue weighted by atomic mass is 19.3. The molecule has 0 aliphatic heterocycles. The van der Waals surface area contributed by atoms with Crippen LogP contribution in [0.5, 0.6) is 5.75 Å². The maximum atomic E-state index is 14.1. The molecule has 2 rings (SSSR count). The molecule has 0 spiro atoms. The van der Waals surface area contributed by atoms with Crippen molar-refractivity contribution in [2.75, 3.05) is 0 Å². The van der Waals surface area contributed by atoms with Gasteiger partial charge in [-0.05, 0) is 49.1 Å². The molecule has 2 aromatic rings. The number of rotatable bonds is 19. The zero-order chi connectivity index (χ0) is 24.5. The molecule has 0 radical (unpaired) electrons. The van der Waals surface area contributed by atoms with E-state index >= 15 is 0 Å². The Labute approximate surface area is 205 Å². The second kappa shape index (κ2) is 16.6. The third-order valence-corrected chi connectivity index (χ3v) is 6.23. The van der Waals surface area contributed by atoms with Gasteiger partial charge in [0.25, 0.3) is 0 Å². The molecule has 0 fully saturated rings. The van der Waals surface area contributed by atoms with E-state index in [2.05, 4.69) is 23.8 Å². The van der Waals surface area contributed by atoms with Gasteiger partial charge in [0.1, 0.15) is 5.75 Å². The lowest BCUT2D eigenvalue weighted by Crippen LogP contribution is -2.24. The fourth-order valence-electron chi connectivity index (χ4n) is 4.10. The summed E-state index contributed by atoms with van der Waals surface area (Å²) in [6, 6.07) is 6.62. The first kappa shape index (κ1) is 28.2. The first-order valence-electron chi connectivity index (χ1n) is 13.5. The second-order valence-electron chi connectivity index (χ2n) is 9.42. The second-order valence-corrected chi connectivity index (χ2v) is 9.42. The van der Waals surface area contributed by atoms with Gasteiger partial charge in [-0.2, -0.15) is 8.78 Å². The van der Waals surface area contributed by atoms with E-state index in [9.17, 15) is 8.78 Å². The molecule has 0 atom stereocenters. The lowest BCUT2D eigenvalue weighted by Gasteiger charge is -2.18. The fourth-order valence-corrected chi connectivity index (χ4v) is 4.10. The summed E-state index contributed by atoms with van der Waals surface area (Å²) in [5.41, 5.74) is 1.94. The average molecular weight is 475 g/mol. The van der Waals surface area contributed by atoms with E-state index < -0.39 is 6.11 Å². The molecule has 1 aromatic carbocycles. The summed E-state index contributed by atoms with van der Waals surface area (Å²) in [6.07, 6.45) is 17.5. The van der Waals surface area contributed by atoms with Gasteiger partial charge in [-0.3, -0.25) is 0 Å². The van der Waals surface area contributed by atoms with Gasteiger partial charge in [0.05, 0.1) is 6.42 Å². The Kier molecular flexibility index (Phi) is 13.7. The van der Waals surface area contributed by atoms with Gasteiger partial charge < -0.3 is 4.74 Å². The first-order chi connectivity index (χ1) is 16.5. The minimum atomic E-state index is -3.14. The third-order valence-electron chi connectivity index (χ3n) is 6.23. The summed E-state index contributed by atoms with van der Waals surface area (Å²) >= 11 is 0. The van der Waals surface area contributed by atoms with E-state index in [1.54, 1.807) is 24.3 Å². The zero-order valence-electron chi connectivity index (χ0n) is 21.3. The smallest absolute Gasteiger partial charge is 0.397 e. The average Bonchev–Trinajstić information content (AvgIpc) is 2.84. The SMILES string of the molecule is CCCCCCCCCCc1cnc(-c2ccc(OC(F)(F)CCCCCCCC)cc2)nc1. The highest BCUT2D eigenvalue weighted by molar-refractivity contribution is 5.55. The minimum absolute atomic E-state index is 0.172. The van der Waals surface area contributed by atoms with Gasteiger partial charge in [0, 0.05) is 18.0 Å². The summed E-state index contributed by atoms with van der Waals surface area (Å²) < 4.78 is 33.2. The number of ether oxygens (including phenoxy) is 1. The van der Waals surface area contributed by atoms with Gasteiger partial charge in [0.2, 0.25) is 0 Å². The van der Waals surface area contributed by atoms with Crippen molar-refractivity contribution in [1.29, 1.82) is 0 Å². The van der Waals surface area contributed by atoms with Crippen molar-refractivity contribution < 1.29 is 13.5 Å². The Bertz CT molecular complexity index is 763. The topological polar surface area (TPSA) is 35.0 Å². The van der Waals surface area contributed by atoms with Crippen LogP contribution in [0.1, 0.15) is 116 Å². The number of hydrogen-bond acceptors (Lipinski definition) is 3.